The third-order valence-electron chi connectivity index (χ3n) is 2.52. The molecular weight excluding hydrogens is 204 g/mol. The highest BCUT2D eigenvalue weighted by molar-refractivity contribution is 5.72. The zero-order valence-electron chi connectivity index (χ0n) is 9.90. The van der Waals surface area contributed by atoms with Crippen molar-refractivity contribution in [3.63, 3.8) is 0 Å². The third kappa shape index (κ3) is 3.07. The van der Waals surface area contributed by atoms with Crippen molar-refractivity contribution >= 4 is 5.97 Å². The van der Waals surface area contributed by atoms with E-state index in [1.165, 1.54) is 0 Å². The van der Waals surface area contributed by atoms with Crippen LogP contribution in [0, 0.1) is 0 Å². The van der Waals surface area contributed by atoms with Crippen LogP contribution in [0.3, 0.4) is 0 Å². The topological polar surface area (TPSA) is 57.5 Å². The van der Waals surface area contributed by atoms with Crippen LogP contribution in [0.5, 0.6) is 0 Å². The molecule has 0 aliphatic rings. The molecule has 0 saturated carbocycles. The normalized spacial score (nSPS) is 13.5. The molecule has 3 heteroatoms. The van der Waals surface area contributed by atoms with Crippen LogP contribution in [-0.2, 0) is 16.6 Å². The van der Waals surface area contributed by atoms with Crippen molar-refractivity contribution in [1.29, 1.82) is 0 Å². The van der Waals surface area contributed by atoms with Crippen LogP contribution in [0.4, 0.5) is 0 Å². The molecule has 0 aliphatic carbocycles. The van der Waals surface area contributed by atoms with Crippen molar-refractivity contribution in [1.82, 2.24) is 0 Å². The first-order chi connectivity index (χ1) is 7.32. The summed E-state index contributed by atoms with van der Waals surface area (Å²) in [4.78, 5) is 10.6. The Morgan fingerprint density at radius 2 is 1.88 bits per heavy atom. The molecule has 0 bridgehead atoms. The predicted molar refractivity (Wildman–Crippen MR) is 62.5 cm³/mol. The number of hydrogen-bond acceptors (Lipinski definition) is 2. The van der Waals surface area contributed by atoms with Crippen molar-refractivity contribution in [3.05, 3.63) is 35.4 Å². The summed E-state index contributed by atoms with van der Waals surface area (Å²) in [6, 6.07) is 7.63. The number of aliphatic hydroxyl groups is 1. The summed E-state index contributed by atoms with van der Waals surface area (Å²) < 4.78 is 0. The molecule has 1 aromatic carbocycles. The van der Waals surface area contributed by atoms with Crippen LogP contribution in [0.2, 0.25) is 0 Å². The Labute approximate surface area is 95.7 Å². The standard InChI is InChI=1S/C13H18O3/c1-13(2,3)10-7-5-4-6-9(10)8-11(14)12(15)16/h4-7,11,14H,8H2,1-3H3,(H,15,16). The lowest BCUT2D eigenvalue weighted by molar-refractivity contribution is -0.146. The zero-order chi connectivity index (χ0) is 12.3. The molecule has 16 heavy (non-hydrogen) atoms. The van der Waals surface area contributed by atoms with Gasteiger partial charge in [-0.1, -0.05) is 45.0 Å². The monoisotopic (exact) mass is 222 g/mol. The minimum absolute atomic E-state index is 0.0468. The number of hydrogen-bond donors (Lipinski definition) is 2. The van der Waals surface area contributed by atoms with E-state index in [1.807, 2.05) is 24.3 Å². The van der Waals surface area contributed by atoms with Gasteiger partial charge < -0.3 is 10.2 Å². The quantitative estimate of drug-likeness (QED) is 0.822. The largest absolute Gasteiger partial charge is 0.479 e. The molecule has 0 radical (unpaired) electrons. The Hall–Kier alpha value is -1.35. The maximum Gasteiger partial charge on any atom is 0.332 e. The Morgan fingerprint density at radius 1 is 1.31 bits per heavy atom. The lowest BCUT2D eigenvalue weighted by atomic mass is 9.82. The van der Waals surface area contributed by atoms with Crippen molar-refractivity contribution in [3.8, 4) is 0 Å². The number of aliphatic carboxylic acids is 1. The summed E-state index contributed by atoms with van der Waals surface area (Å²) in [6.07, 6.45) is -1.17. The van der Waals surface area contributed by atoms with E-state index in [-0.39, 0.29) is 11.8 Å². The van der Waals surface area contributed by atoms with Gasteiger partial charge in [0.1, 0.15) is 0 Å². The van der Waals surface area contributed by atoms with Gasteiger partial charge >= 0.3 is 5.97 Å². The van der Waals surface area contributed by atoms with Gasteiger partial charge in [-0.05, 0) is 16.5 Å². The van der Waals surface area contributed by atoms with Gasteiger partial charge in [-0.2, -0.15) is 0 Å². The first-order valence-electron chi connectivity index (χ1n) is 5.31. The van der Waals surface area contributed by atoms with E-state index in [9.17, 15) is 9.90 Å². The van der Waals surface area contributed by atoms with Crippen molar-refractivity contribution in [2.45, 2.75) is 38.7 Å². The summed E-state index contributed by atoms with van der Waals surface area (Å²) in [5, 5.41) is 18.1. The van der Waals surface area contributed by atoms with Crippen LogP contribution in [0.25, 0.3) is 0 Å². The summed E-state index contributed by atoms with van der Waals surface area (Å²) in [7, 11) is 0. The molecule has 1 atom stereocenters. The molecule has 3 nitrogen and oxygen atoms in total. The van der Waals surface area contributed by atoms with E-state index in [4.69, 9.17) is 5.11 Å². The van der Waals surface area contributed by atoms with Crippen LogP contribution in [0.1, 0.15) is 31.9 Å². The van der Waals surface area contributed by atoms with E-state index >= 15 is 0 Å². The molecule has 0 aliphatic heterocycles. The summed E-state index contributed by atoms with van der Waals surface area (Å²) in [6.45, 7) is 6.21. The number of carboxylic acid groups (broad SMARTS) is 1. The smallest absolute Gasteiger partial charge is 0.332 e. The van der Waals surface area contributed by atoms with E-state index in [2.05, 4.69) is 20.8 Å². The average molecular weight is 222 g/mol. The Bertz CT molecular complexity index is 377. The summed E-state index contributed by atoms with van der Waals surface area (Å²) in [5.74, 6) is -1.18. The minimum Gasteiger partial charge on any atom is -0.479 e. The first kappa shape index (κ1) is 12.7. The summed E-state index contributed by atoms with van der Waals surface area (Å²) >= 11 is 0. The van der Waals surface area contributed by atoms with Gasteiger partial charge in [-0.15, -0.1) is 0 Å². The molecular formula is C13H18O3. The highest BCUT2D eigenvalue weighted by Gasteiger charge is 2.21. The lowest BCUT2D eigenvalue weighted by Crippen LogP contribution is -2.24. The second-order valence-corrected chi connectivity index (χ2v) is 4.97. The molecule has 0 heterocycles. The van der Waals surface area contributed by atoms with Crippen LogP contribution < -0.4 is 0 Å². The average Bonchev–Trinajstić information content (AvgIpc) is 2.16. The Balaban J connectivity index is 3.01. The van der Waals surface area contributed by atoms with Crippen molar-refractivity contribution < 1.29 is 15.0 Å². The lowest BCUT2D eigenvalue weighted by Gasteiger charge is -2.23. The first-order valence-corrected chi connectivity index (χ1v) is 5.31. The van der Waals surface area contributed by atoms with E-state index in [1.54, 1.807) is 0 Å². The van der Waals surface area contributed by atoms with Gasteiger partial charge in [-0.3, -0.25) is 0 Å². The fourth-order valence-electron chi connectivity index (χ4n) is 1.73. The number of carboxylic acids is 1. The second-order valence-electron chi connectivity index (χ2n) is 4.97. The maximum absolute atomic E-state index is 10.6. The molecule has 0 saturated heterocycles. The summed E-state index contributed by atoms with van der Waals surface area (Å²) in [5.41, 5.74) is 1.93. The molecule has 88 valence electrons. The number of rotatable bonds is 3. The van der Waals surface area contributed by atoms with Crippen LogP contribution in [-0.4, -0.2) is 22.3 Å². The van der Waals surface area contributed by atoms with Gasteiger partial charge in [-0.25, -0.2) is 4.79 Å². The SMILES string of the molecule is CC(C)(C)c1ccccc1CC(O)C(=O)O. The molecule has 0 spiro atoms. The molecule has 1 aromatic rings. The molecule has 0 fully saturated rings. The van der Waals surface area contributed by atoms with E-state index in [0.29, 0.717) is 0 Å². The minimum atomic E-state index is -1.33. The molecule has 1 unspecified atom stereocenters. The molecule has 1 rings (SSSR count). The third-order valence-corrected chi connectivity index (χ3v) is 2.52. The van der Waals surface area contributed by atoms with Gasteiger partial charge in [0, 0.05) is 6.42 Å². The molecule has 2 N–H and O–H groups in total. The Morgan fingerprint density at radius 3 is 2.38 bits per heavy atom. The highest BCUT2D eigenvalue weighted by Crippen LogP contribution is 2.26. The van der Waals surface area contributed by atoms with Crippen molar-refractivity contribution in [2.75, 3.05) is 0 Å². The highest BCUT2D eigenvalue weighted by atomic mass is 16.4. The van der Waals surface area contributed by atoms with E-state index in [0.717, 1.165) is 11.1 Å². The molecule has 0 amide bonds. The maximum atomic E-state index is 10.6. The van der Waals surface area contributed by atoms with Crippen LogP contribution in [0.15, 0.2) is 24.3 Å². The molecule has 0 aromatic heterocycles. The predicted octanol–water partition coefficient (Wildman–Crippen LogP) is 1.97. The van der Waals surface area contributed by atoms with Crippen LogP contribution >= 0.6 is 0 Å². The van der Waals surface area contributed by atoms with Gasteiger partial charge in [0.25, 0.3) is 0 Å². The number of aliphatic hydroxyl groups excluding tert-OH is 1. The van der Waals surface area contributed by atoms with Crippen molar-refractivity contribution in [2.24, 2.45) is 0 Å². The van der Waals surface area contributed by atoms with E-state index < -0.39 is 12.1 Å². The van der Waals surface area contributed by atoms with Gasteiger partial charge in [0.15, 0.2) is 6.10 Å². The number of carbonyl (C=O) groups is 1. The fourth-order valence-corrected chi connectivity index (χ4v) is 1.73. The fraction of sp³-hybridized carbons (Fsp3) is 0.462. The zero-order valence-corrected chi connectivity index (χ0v) is 9.90. The van der Waals surface area contributed by atoms with Gasteiger partial charge in [0.2, 0.25) is 0 Å². The number of benzene rings is 1. The van der Waals surface area contributed by atoms with Gasteiger partial charge in [0.05, 0.1) is 0 Å². The Kier molecular flexibility index (Phi) is 3.70. The second kappa shape index (κ2) is 4.66.